The SMILES string of the molecule is Cc1ccc(C)c(S(=O)(=O)N(C)CC(=O)N(C)C)c1. The molecule has 0 heterocycles. The molecule has 106 valence electrons. The van der Waals surface area contributed by atoms with Gasteiger partial charge in [-0.1, -0.05) is 12.1 Å². The van der Waals surface area contributed by atoms with Crippen molar-refractivity contribution in [1.29, 1.82) is 0 Å². The number of rotatable bonds is 4. The number of nitrogens with zero attached hydrogens (tertiary/aromatic N) is 2. The Bertz CT molecular complexity index is 580. The predicted molar refractivity (Wildman–Crippen MR) is 74.4 cm³/mol. The molecule has 0 unspecified atom stereocenters. The number of sulfonamides is 1. The predicted octanol–water partition coefficient (Wildman–Crippen LogP) is 1.01. The normalized spacial score (nSPS) is 11.7. The lowest BCUT2D eigenvalue weighted by atomic mass is 10.2. The summed E-state index contributed by atoms with van der Waals surface area (Å²) in [5, 5.41) is 0. The van der Waals surface area contributed by atoms with E-state index in [9.17, 15) is 13.2 Å². The topological polar surface area (TPSA) is 57.7 Å². The molecule has 0 aliphatic rings. The van der Waals surface area contributed by atoms with Gasteiger partial charge in [0.1, 0.15) is 0 Å². The van der Waals surface area contributed by atoms with Gasteiger partial charge in [-0.15, -0.1) is 0 Å². The number of likely N-dealkylation sites (N-methyl/N-ethyl adjacent to an activating group) is 2. The summed E-state index contributed by atoms with van der Waals surface area (Å²) >= 11 is 0. The molecule has 0 aliphatic carbocycles. The van der Waals surface area contributed by atoms with Gasteiger partial charge in [-0.05, 0) is 31.0 Å². The molecule has 0 aromatic heterocycles. The molecular formula is C13H20N2O3S. The number of hydrogen-bond acceptors (Lipinski definition) is 3. The Hall–Kier alpha value is -1.40. The first kappa shape index (κ1) is 15.7. The van der Waals surface area contributed by atoms with E-state index < -0.39 is 10.0 Å². The van der Waals surface area contributed by atoms with Crippen LogP contribution in [0.2, 0.25) is 0 Å². The first-order chi connectivity index (χ1) is 8.66. The van der Waals surface area contributed by atoms with Crippen LogP contribution >= 0.6 is 0 Å². The third kappa shape index (κ3) is 3.54. The Labute approximate surface area is 114 Å². The van der Waals surface area contributed by atoms with Gasteiger partial charge in [0.25, 0.3) is 0 Å². The van der Waals surface area contributed by atoms with Crippen LogP contribution in [0.15, 0.2) is 23.1 Å². The Kier molecular flexibility index (Phi) is 4.70. The second kappa shape index (κ2) is 5.71. The van der Waals surface area contributed by atoms with Gasteiger partial charge < -0.3 is 4.90 Å². The van der Waals surface area contributed by atoms with E-state index in [4.69, 9.17) is 0 Å². The van der Waals surface area contributed by atoms with Gasteiger partial charge in [0.2, 0.25) is 15.9 Å². The number of hydrogen-bond donors (Lipinski definition) is 0. The van der Waals surface area contributed by atoms with E-state index in [1.165, 1.54) is 11.9 Å². The largest absolute Gasteiger partial charge is 0.348 e. The summed E-state index contributed by atoms with van der Waals surface area (Å²) in [6, 6.07) is 5.25. The van der Waals surface area contributed by atoms with Gasteiger partial charge in [0.15, 0.2) is 0 Å². The van der Waals surface area contributed by atoms with Gasteiger partial charge in [-0.2, -0.15) is 4.31 Å². The summed E-state index contributed by atoms with van der Waals surface area (Å²) in [4.78, 5) is 13.2. The number of amides is 1. The molecule has 19 heavy (non-hydrogen) atoms. The van der Waals surface area contributed by atoms with Crippen molar-refractivity contribution in [3.63, 3.8) is 0 Å². The number of benzene rings is 1. The quantitative estimate of drug-likeness (QED) is 0.829. The smallest absolute Gasteiger partial charge is 0.243 e. The summed E-state index contributed by atoms with van der Waals surface area (Å²) in [5.74, 6) is -0.253. The maximum absolute atomic E-state index is 12.4. The maximum atomic E-state index is 12.4. The highest BCUT2D eigenvalue weighted by molar-refractivity contribution is 7.89. The molecule has 0 radical (unpaired) electrons. The van der Waals surface area contributed by atoms with E-state index in [0.29, 0.717) is 5.56 Å². The van der Waals surface area contributed by atoms with E-state index in [0.717, 1.165) is 9.87 Å². The zero-order chi connectivity index (χ0) is 14.8. The summed E-state index contributed by atoms with van der Waals surface area (Å²) < 4.78 is 25.9. The van der Waals surface area contributed by atoms with Crippen molar-refractivity contribution >= 4 is 15.9 Å². The highest BCUT2D eigenvalue weighted by atomic mass is 32.2. The second-order valence-electron chi connectivity index (χ2n) is 4.82. The van der Waals surface area contributed by atoms with Crippen LogP contribution in [-0.4, -0.2) is 51.2 Å². The second-order valence-corrected chi connectivity index (χ2v) is 6.83. The van der Waals surface area contributed by atoms with Crippen molar-refractivity contribution < 1.29 is 13.2 Å². The first-order valence-corrected chi connectivity index (χ1v) is 7.34. The Morgan fingerprint density at radius 3 is 2.26 bits per heavy atom. The van der Waals surface area contributed by atoms with E-state index >= 15 is 0 Å². The molecule has 0 N–H and O–H groups in total. The summed E-state index contributed by atoms with van der Waals surface area (Å²) in [6.45, 7) is 3.42. The minimum Gasteiger partial charge on any atom is -0.348 e. The fourth-order valence-corrected chi connectivity index (χ4v) is 3.00. The van der Waals surface area contributed by atoms with Crippen LogP contribution < -0.4 is 0 Å². The minimum absolute atomic E-state index is 0.164. The van der Waals surface area contributed by atoms with E-state index in [1.54, 1.807) is 33.2 Å². The van der Waals surface area contributed by atoms with Crippen LogP contribution in [0.25, 0.3) is 0 Å². The highest BCUT2D eigenvalue weighted by Crippen LogP contribution is 2.20. The molecule has 5 nitrogen and oxygen atoms in total. The Morgan fingerprint density at radius 2 is 1.74 bits per heavy atom. The number of aryl methyl sites for hydroxylation is 2. The van der Waals surface area contributed by atoms with Crippen molar-refractivity contribution in [3.8, 4) is 0 Å². The van der Waals surface area contributed by atoms with Crippen LogP contribution in [0.5, 0.6) is 0 Å². The van der Waals surface area contributed by atoms with Crippen molar-refractivity contribution in [2.24, 2.45) is 0 Å². The minimum atomic E-state index is -3.63. The molecule has 0 bridgehead atoms. The molecule has 1 rings (SSSR count). The molecule has 6 heteroatoms. The summed E-state index contributed by atoms with van der Waals surface area (Å²) in [5.41, 5.74) is 1.55. The van der Waals surface area contributed by atoms with Crippen LogP contribution in [0.4, 0.5) is 0 Å². The standard InChI is InChI=1S/C13H20N2O3S/c1-10-6-7-11(2)12(8-10)19(17,18)15(5)9-13(16)14(3)4/h6-8H,9H2,1-5H3. The molecule has 0 saturated heterocycles. The van der Waals surface area contributed by atoms with Crippen molar-refractivity contribution in [3.05, 3.63) is 29.3 Å². The Morgan fingerprint density at radius 1 is 1.16 bits per heavy atom. The molecule has 0 atom stereocenters. The van der Waals surface area contributed by atoms with Gasteiger partial charge in [0.05, 0.1) is 11.4 Å². The summed E-state index contributed by atoms with van der Waals surface area (Å²) in [6.07, 6.45) is 0. The third-order valence-corrected chi connectivity index (χ3v) is 4.83. The molecule has 1 amide bonds. The molecule has 0 aliphatic heterocycles. The monoisotopic (exact) mass is 284 g/mol. The van der Waals surface area contributed by atoms with Crippen molar-refractivity contribution in [2.75, 3.05) is 27.7 Å². The number of carbonyl (C=O) groups is 1. The van der Waals surface area contributed by atoms with Crippen molar-refractivity contribution in [2.45, 2.75) is 18.7 Å². The van der Waals surface area contributed by atoms with Gasteiger partial charge >= 0.3 is 0 Å². The van der Waals surface area contributed by atoms with Gasteiger partial charge in [0, 0.05) is 21.1 Å². The number of carbonyl (C=O) groups excluding carboxylic acids is 1. The molecule has 0 saturated carbocycles. The van der Waals surface area contributed by atoms with Crippen LogP contribution in [-0.2, 0) is 14.8 Å². The zero-order valence-electron chi connectivity index (χ0n) is 12.0. The van der Waals surface area contributed by atoms with Crippen molar-refractivity contribution in [1.82, 2.24) is 9.21 Å². The average molecular weight is 284 g/mol. The molecule has 0 spiro atoms. The van der Waals surface area contributed by atoms with E-state index in [1.807, 2.05) is 13.0 Å². The zero-order valence-corrected chi connectivity index (χ0v) is 12.8. The average Bonchev–Trinajstić information content (AvgIpc) is 2.31. The molecule has 0 fully saturated rings. The molecular weight excluding hydrogens is 264 g/mol. The lowest BCUT2D eigenvalue weighted by molar-refractivity contribution is -0.128. The van der Waals surface area contributed by atoms with Crippen LogP contribution in [0, 0.1) is 13.8 Å². The Balaban J connectivity index is 3.10. The third-order valence-electron chi connectivity index (χ3n) is 2.89. The first-order valence-electron chi connectivity index (χ1n) is 5.90. The fraction of sp³-hybridized carbons (Fsp3) is 0.462. The summed E-state index contributed by atoms with van der Waals surface area (Å²) in [7, 11) is 0.976. The highest BCUT2D eigenvalue weighted by Gasteiger charge is 2.25. The molecule has 1 aromatic carbocycles. The molecule has 1 aromatic rings. The fourth-order valence-electron chi connectivity index (χ4n) is 1.57. The van der Waals surface area contributed by atoms with Crippen LogP contribution in [0.1, 0.15) is 11.1 Å². The van der Waals surface area contributed by atoms with Gasteiger partial charge in [-0.25, -0.2) is 8.42 Å². The maximum Gasteiger partial charge on any atom is 0.243 e. The van der Waals surface area contributed by atoms with E-state index in [-0.39, 0.29) is 17.3 Å². The van der Waals surface area contributed by atoms with Gasteiger partial charge in [-0.3, -0.25) is 4.79 Å². The van der Waals surface area contributed by atoms with E-state index in [2.05, 4.69) is 0 Å². The lowest BCUT2D eigenvalue weighted by Gasteiger charge is -2.20. The lowest BCUT2D eigenvalue weighted by Crippen LogP contribution is -2.38. The van der Waals surface area contributed by atoms with Crippen LogP contribution in [0.3, 0.4) is 0 Å².